The Morgan fingerprint density at radius 2 is 2.39 bits per heavy atom. The SMILES string of the molecule is COCCN1CC(C(=O)NCC(C)CN)CC1=O. The first-order chi connectivity index (χ1) is 8.58. The van der Waals surface area contributed by atoms with Crippen molar-refractivity contribution in [1.29, 1.82) is 0 Å². The van der Waals surface area contributed by atoms with Crippen LogP contribution < -0.4 is 11.1 Å². The van der Waals surface area contributed by atoms with E-state index in [-0.39, 0.29) is 23.7 Å². The summed E-state index contributed by atoms with van der Waals surface area (Å²) in [6.45, 7) is 4.64. The van der Waals surface area contributed by atoms with Gasteiger partial charge >= 0.3 is 0 Å². The van der Waals surface area contributed by atoms with Crippen molar-refractivity contribution >= 4 is 11.8 Å². The molecule has 0 aromatic rings. The molecular formula is C12H23N3O3. The monoisotopic (exact) mass is 257 g/mol. The third kappa shape index (κ3) is 4.27. The van der Waals surface area contributed by atoms with E-state index in [1.165, 1.54) is 0 Å². The van der Waals surface area contributed by atoms with Crippen molar-refractivity contribution in [3.63, 3.8) is 0 Å². The number of rotatable bonds is 7. The molecule has 18 heavy (non-hydrogen) atoms. The van der Waals surface area contributed by atoms with Gasteiger partial charge in [-0.15, -0.1) is 0 Å². The Morgan fingerprint density at radius 3 is 3.00 bits per heavy atom. The molecule has 1 fully saturated rings. The second-order valence-electron chi connectivity index (χ2n) is 4.82. The van der Waals surface area contributed by atoms with Crippen molar-refractivity contribution in [3.8, 4) is 0 Å². The molecule has 1 rings (SSSR count). The normalized spacial score (nSPS) is 21.2. The standard InChI is InChI=1S/C12H23N3O3/c1-9(6-13)7-14-12(17)10-5-11(16)15(8-10)3-4-18-2/h9-10H,3-8,13H2,1-2H3,(H,14,17). The molecule has 0 aromatic heterocycles. The van der Waals surface area contributed by atoms with Crippen LogP contribution in [-0.2, 0) is 14.3 Å². The average molecular weight is 257 g/mol. The van der Waals surface area contributed by atoms with Crippen LogP contribution in [0.15, 0.2) is 0 Å². The van der Waals surface area contributed by atoms with Gasteiger partial charge in [0.2, 0.25) is 11.8 Å². The number of carbonyl (C=O) groups is 2. The summed E-state index contributed by atoms with van der Waals surface area (Å²) in [6.07, 6.45) is 0.298. The number of nitrogens with zero attached hydrogens (tertiary/aromatic N) is 1. The number of carbonyl (C=O) groups excluding carboxylic acids is 2. The van der Waals surface area contributed by atoms with Crippen LogP contribution in [0, 0.1) is 11.8 Å². The third-order valence-corrected chi connectivity index (χ3v) is 3.18. The quantitative estimate of drug-likeness (QED) is 0.625. The Labute approximate surface area is 108 Å². The molecule has 0 radical (unpaired) electrons. The second-order valence-corrected chi connectivity index (χ2v) is 4.82. The van der Waals surface area contributed by atoms with E-state index in [2.05, 4.69) is 5.32 Å². The number of ether oxygens (including phenoxy) is 1. The fourth-order valence-corrected chi connectivity index (χ4v) is 1.87. The average Bonchev–Trinajstić information content (AvgIpc) is 2.74. The molecule has 0 saturated carbocycles. The molecule has 2 unspecified atom stereocenters. The largest absolute Gasteiger partial charge is 0.383 e. The number of likely N-dealkylation sites (tertiary alicyclic amines) is 1. The van der Waals surface area contributed by atoms with Crippen LogP contribution in [-0.4, -0.2) is 56.6 Å². The van der Waals surface area contributed by atoms with Crippen molar-refractivity contribution < 1.29 is 14.3 Å². The zero-order valence-corrected chi connectivity index (χ0v) is 11.1. The molecule has 1 aliphatic heterocycles. The predicted molar refractivity (Wildman–Crippen MR) is 67.8 cm³/mol. The van der Waals surface area contributed by atoms with Gasteiger partial charge in [-0.05, 0) is 12.5 Å². The number of hydrogen-bond acceptors (Lipinski definition) is 4. The van der Waals surface area contributed by atoms with Gasteiger partial charge in [-0.2, -0.15) is 0 Å². The Kier molecular flexibility index (Phi) is 6.07. The zero-order valence-electron chi connectivity index (χ0n) is 11.1. The van der Waals surface area contributed by atoms with E-state index in [0.717, 1.165) is 0 Å². The van der Waals surface area contributed by atoms with Crippen LogP contribution in [0.4, 0.5) is 0 Å². The Morgan fingerprint density at radius 1 is 1.67 bits per heavy atom. The minimum Gasteiger partial charge on any atom is -0.383 e. The first-order valence-electron chi connectivity index (χ1n) is 6.33. The van der Waals surface area contributed by atoms with Crippen LogP contribution in [0.2, 0.25) is 0 Å². The van der Waals surface area contributed by atoms with Gasteiger partial charge in [-0.1, -0.05) is 6.92 Å². The van der Waals surface area contributed by atoms with Crippen molar-refractivity contribution in [2.45, 2.75) is 13.3 Å². The lowest BCUT2D eigenvalue weighted by molar-refractivity contribution is -0.129. The van der Waals surface area contributed by atoms with Crippen LogP contribution in [0.5, 0.6) is 0 Å². The summed E-state index contributed by atoms with van der Waals surface area (Å²) in [6, 6.07) is 0. The lowest BCUT2D eigenvalue weighted by Gasteiger charge is -2.16. The summed E-state index contributed by atoms with van der Waals surface area (Å²) in [4.78, 5) is 25.2. The Balaban J connectivity index is 2.35. The maximum absolute atomic E-state index is 11.9. The Hall–Kier alpha value is -1.14. The van der Waals surface area contributed by atoms with Crippen LogP contribution >= 0.6 is 0 Å². The molecule has 6 heteroatoms. The van der Waals surface area contributed by atoms with Crippen LogP contribution in [0.25, 0.3) is 0 Å². The summed E-state index contributed by atoms with van der Waals surface area (Å²) in [5.41, 5.74) is 5.48. The molecule has 0 spiro atoms. The smallest absolute Gasteiger partial charge is 0.225 e. The van der Waals surface area contributed by atoms with Crippen molar-refractivity contribution in [1.82, 2.24) is 10.2 Å². The number of nitrogens with two attached hydrogens (primary N) is 1. The van der Waals surface area contributed by atoms with Gasteiger partial charge in [-0.25, -0.2) is 0 Å². The van der Waals surface area contributed by atoms with Crippen LogP contribution in [0.3, 0.4) is 0 Å². The molecule has 0 bridgehead atoms. The molecule has 1 aliphatic rings. The molecule has 1 heterocycles. The minimum absolute atomic E-state index is 0.0269. The second kappa shape index (κ2) is 7.33. The topological polar surface area (TPSA) is 84.7 Å². The first-order valence-corrected chi connectivity index (χ1v) is 6.33. The van der Waals surface area contributed by atoms with E-state index in [1.54, 1.807) is 12.0 Å². The predicted octanol–water partition coefficient (Wildman–Crippen LogP) is -0.808. The van der Waals surface area contributed by atoms with Crippen molar-refractivity contribution in [2.24, 2.45) is 17.6 Å². The van der Waals surface area contributed by atoms with Gasteiger partial charge < -0.3 is 20.7 Å². The highest BCUT2D eigenvalue weighted by Gasteiger charge is 2.33. The number of methoxy groups -OCH3 is 1. The van der Waals surface area contributed by atoms with Gasteiger partial charge in [0.1, 0.15) is 0 Å². The van der Waals surface area contributed by atoms with Crippen molar-refractivity contribution in [2.75, 3.05) is 39.9 Å². The molecule has 0 aromatic carbocycles. The fourth-order valence-electron chi connectivity index (χ4n) is 1.87. The highest BCUT2D eigenvalue weighted by atomic mass is 16.5. The van der Waals surface area contributed by atoms with E-state index < -0.39 is 0 Å². The van der Waals surface area contributed by atoms with Gasteiger partial charge in [-0.3, -0.25) is 9.59 Å². The summed E-state index contributed by atoms with van der Waals surface area (Å²) in [5.74, 6) is -0.00220. The zero-order chi connectivity index (χ0) is 13.5. The third-order valence-electron chi connectivity index (χ3n) is 3.18. The van der Waals surface area contributed by atoms with E-state index >= 15 is 0 Å². The maximum atomic E-state index is 11.9. The van der Waals surface area contributed by atoms with Crippen molar-refractivity contribution in [3.05, 3.63) is 0 Å². The van der Waals surface area contributed by atoms with E-state index in [9.17, 15) is 9.59 Å². The molecule has 1 saturated heterocycles. The van der Waals surface area contributed by atoms with E-state index in [0.29, 0.717) is 39.2 Å². The van der Waals surface area contributed by atoms with Gasteiger partial charge in [0.05, 0.1) is 12.5 Å². The summed E-state index contributed by atoms with van der Waals surface area (Å²) in [5, 5.41) is 2.84. The molecule has 2 amide bonds. The summed E-state index contributed by atoms with van der Waals surface area (Å²) >= 11 is 0. The lowest BCUT2D eigenvalue weighted by atomic mass is 10.1. The molecule has 6 nitrogen and oxygen atoms in total. The molecule has 0 aliphatic carbocycles. The number of amides is 2. The van der Waals surface area contributed by atoms with Gasteiger partial charge in [0.25, 0.3) is 0 Å². The highest BCUT2D eigenvalue weighted by molar-refractivity contribution is 5.89. The van der Waals surface area contributed by atoms with Gasteiger partial charge in [0.15, 0.2) is 0 Å². The highest BCUT2D eigenvalue weighted by Crippen LogP contribution is 2.17. The van der Waals surface area contributed by atoms with Crippen LogP contribution in [0.1, 0.15) is 13.3 Å². The maximum Gasteiger partial charge on any atom is 0.225 e. The molecule has 104 valence electrons. The lowest BCUT2D eigenvalue weighted by Crippen LogP contribution is -2.37. The number of nitrogens with one attached hydrogen (secondary N) is 1. The summed E-state index contributed by atoms with van der Waals surface area (Å²) in [7, 11) is 1.60. The summed E-state index contributed by atoms with van der Waals surface area (Å²) < 4.78 is 4.93. The number of hydrogen-bond donors (Lipinski definition) is 2. The molecular weight excluding hydrogens is 234 g/mol. The first kappa shape index (κ1) is 14.9. The Bertz CT molecular complexity index is 296. The van der Waals surface area contributed by atoms with Gasteiger partial charge in [0, 0.05) is 33.2 Å². The van der Waals surface area contributed by atoms with E-state index in [1.807, 2.05) is 6.92 Å². The molecule has 2 atom stereocenters. The van der Waals surface area contributed by atoms with E-state index in [4.69, 9.17) is 10.5 Å². The minimum atomic E-state index is -0.237. The molecule has 3 N–H and O–H groups in total. The fraction of sp³-hybridized carbons (Fsp3) is 0.833.